The molecule has 25 heavy (non-hydrogen) atoms. The van der Waals surface area contributed by atoms with E-state index in [9.17, 15) is 4.79 Å². The first kappa shape index (κ1) is 20.7. The van der Waals surface area contributed by atoms with Crippen molar-refractivity contribution in [3.05, 3.63) is 22.4 Å². The summed E-state index contributed by atoms with van der Waals surface area (Å²) >= 11 is 1.68. The molecule has 3 rings (SSSR count). The van der Waals surface area contributed by atoms with Crippen molar-refractivity contribution in [2.45, 2.75) is 63.7 Å². The Morgan fingerprint density at radius 2 is 1.80 bits per heavy atom. The van der Waals surface area contributed by atoms with E-state index in [1.807, 2.05) is 0 Å². The summed E-state index contributed by atoms with van der Waals surface area (Å²) in [4.78, 5) is 15.3. The van der Waals surface area contributed by atoms with E-state index in [2.05, 4.69) is 21.7 Å². The second kappa shape index (κ2) is 11.2. The highest BCUT2D eigenvalue weighted by Crippen LogP contribution is 2.37. The Hall–Kier alpha value is -0.580. The number of hydrogen-bond donors (Lipinski definition) is 0. The lowest BCUT2D eigenvalue weighted by Crippen LogP contribution is -2.31. The Morgan fingerprint density at radius 1 is 1.12 bits per heavy atom. The van der Waals surface area contributed by atoms with Crippen molar-refractivity contribution in [3.8, 4) is 0 Å². The molecule has 0 aromatic carbocycles. The van der Waals surface area contributed by atoms with E-state index in [0.29, 0.717) is 12.5 Å². The number of halogens is 1. The highest BCUT2D eigenvalue weighted by molar-refractivity contribution is 7.08. The third kappa shape index (κ3) is 6.26. The summed E-state index contributed by atoms with van der Waals surface area (Å²) in [5.74, 6) is 0.440. The van der Waals surface area contributed by atoms with Gasteiger partial charge in [0.25, 0.3) is 0 Å². The Labute approximate surface area is 162 Å². The Balaban J connectivity index is 0.00000225. The maximum Gasteiger partial charge on any atom is 0.313 e. The fourth-order valence-corrected chi connectivity index (χ4v) is 4.94. The number of esters is 1. The molecule has 1 saturated carbocycles. The summed E-state index contributed by atoms with van der Waals surface area (Å²) < 4.78 is 5.75. The monoisotopic (exact) mass is 385 g/mol. The van der Waals surface area contributed by atoms with Crippen LogP contribution < -0.4 is 0 Å². The molecule has 1 aromatic heterocycles. The molecule has 1 aliphatic carbocycles. The predicted octanol–water partition coefficient (Wildman–Crippen LogP) is 5.25. The molecule has 1 aromatic rings. The van der Waals surface area contributed by atoms with Crippen molar-refractivity contribution in [1.29, 1.82) is 0 Å². The van der Waals surface area contributed by atoms with Crippen molar-refractivity contribution in [2.24, 2.45) is 5.92 Å². The van der Waals surface area contributed by atoms with Gasteiger partial charge < -0.3 is 4.74 Å². The van der Waals surface area contributed by atoms with Crippen molar-refractivity contribution in [3.63, 3.8) is 0 Å². The zero-order chi connectivity index (χ0) is 16.6. The standard InChI is InChI=1S/C20H31NO2S.ClH/c22-20(23-14-13-21-11-6-1-2-7-12-21)19(18-10-15-24-16-18)17-8-4-3-5-9-17;/h10,15-17,19H,1-9,11-14H2;1H/t19-;/m0./s1. The minimum Gasteiger partial charge on any atom is -0.464 e. The van der Waals surface area contributed by atoms with Crippen LogP contribution in [0.4, 0.5) is 0 Å². The van der Waals surface area contributed by atoms with E-state index in [1.165, 1.54) is 63.4 Å². The second-order valence-corrected chi connectivity index (χ2v) is 8.14. The quantitative estimate of drug-likeness (QED) is 0.626. The van der Waals surface area contributed by atoms with Gasteiger partial charge in [0.2, 0.25) is 0 Å². The first-order valence-electron chi connectivity index (χ1n) is 9.75. The van der Waals surface area contributed by atoms with Crippen LogP contribution in [0.3, 0.4) is 0 Å². The van der Waals surface area contributed by atoms with Crippen LogP contribution in [0.25, 0.3) is 0 Å². The molecule has 1 saturated heterocycles. The molecule has 2 aliphatic rings. The molecule has 0 amide bonds. The molecule has 0 spiro atoms. The lowest BCUT2D eigenvalue weighted by molar-refractivity contribution is -0.147. The molecule has 3 nitrogen and oxygen atoms in total. The normalized spacial score (nSPS) is 21.1. The molecular formula is C20H32ClNO2S. The van der Waals surface area contributed by atoms with E-state index in [4.69, 9.17) is 4.74 Å². The van der Waals surface area contributed by atoms with Gasteiger partial charge in [-0.15, -0.1) is 12.4 Å². The van der Waals surface area contributed by atoms with E-state index >= 15 is 0 Å². The number of likely N-dealkylation sites (tertiary alicyclic amines) is 1. The maximum atomic E-state index is 12.8. The highest BCUT2D eigenvalue weighted by Gasteiger charge is 2.32. The molecule has 2 heterocycles. The smallest absolute Gasteiger partial charge is 0.313 e. The fourth-order valence-electron chi connectivity index (χ4n) is 4.25. The first-order valence-corrected chi connectivity index (χ1v) is 10.7. The van der Waals surface area contributed by atoms with Crippen LogP contribution in [0.15, 0.2) is 16.8 Å². The van der Waals surface area contributed by atoms with Crippen LogP contribution in [-0.2, 0) is 9.53 Å². The van der Waals surface area contributed by atoms with Crippen LogP contribution in [0.5, 0.6) is 0 Å². The van der Waals surface area contributed by atoms with E-state index in [0.717, 1.165) is 19.6 Å². The average molecular weight is 386 g/mol. The van der Waals surface area contributed by atoms with Gasteiger partial charge in [0.05, 0.1) is 5.92 Å². The van der Waals surface area contributed by atoms with Crippen LogP contribution in [0.1, 0.15) is 69.3 Å². The minimum absolute atomic E-state index is 0. The van der Waals surface area contributed by atoms with Gasteiger partial charge in [-0.1, -0.05) is 32.1 Å². The number of hydrogen-bond acceptors (Lipinski definition) is 4. The molecule has 0 N–H and O–H groups in total. The summed E-state index contributed by atoms with van der Waals surface area (Å²) in [6.45, 7) is 3.77. The highest BCUT2D eigenvalue weighted by atomic mass is 35.5. The molecule has 5 heteroatoms. The van der Waals surface area contributed by atoms with Crippen LogP contribution in [-0.4, -0.2) is 37.1 Å². The SMILES string of the molecule is Cl.O=C(OCCN1CCCCCC1)[C@H](c1ccsc1)C1CCCCC1. The molecule has 1 aliphatic heterocycles. The van der Waals surface area contributed by atoms with Crippen molar-refractivity contribution >= 4 is 29.7 Å². The van der Waals surface area contributed by atoms with E-state index in [1.54, 1.807) is 11.3 Å². The lowest BCUT2D eigenvalue weighted by Gasteiger charge is -2.29. The second-order valence-electron chi connectivity index (χ2n) is 7.36. The van der Waals surface area contributed by atoms with Gasteiger partial charge >= 0.3 is 5.97 Å². The van der Waals surface area contributed by atoms with E-state index in [-0.39, 0.29) is 24.3 Å². The maximum absolute atomic E-state index is 12.8. The lowest BCUT2D eigenvalue weighted by atomic mass is 9.77. The van der Waals surface area contributed by atoms with Crippen LogP contribution in [0, 0.1) is 5.92 Å². The fraction of sp³-hybridized carbons (Fsp3) is 0.750. The molecular weight excluding hydrogens is 354 g/mol. The summed E-state index contributed by atoms with van der Waals surface area (Å²) in [7, 11) is 0. The van der Waals surface area contributed by atoms with Gasteiger partial charge in [-0.3, -0.25) is 9.69 Å². The molecule has 0 bridgehead atoms. The number of rotatable bonds is 6. The molecule has 0 radical (unpaired) electrons. The molecule has 1 atom stereocenters. The Kier molecular flexibility index (Phi) is 9.29. The summed E-state index contributed by atoms with van der Waals surface area (Å²) in [5, 5.41) is 4.21. The largest absolute Gasteiger partial charge is 0.464 e. The van der Waals surface area contributed by atoms with Gasteiger partial charge in [0.1, 0.15) is 6.61 Å². The summed E-state index contributed by atoms with van der Waals surface area (Å²) in [6.07, 6.45) is 11.4. The van der Waals surface area contributed by atoms with Gasteiger partial charge in [0.15, 0.2) is 0 Å². The average Bonchev–Trinajstić information content (AvgIpc) is 3.00. The van der Waals surface area contributed by atoms with Crippen molar-refractivity contribution in [2.75, 3.05) is 26.2 Å². The third-order valence-electron chi connectivity index (χ3n) is 5.63. The third-order valence-corrected chi connectivity index (χ3v) is 6.33. The summed E-state index contributed by atoms with van der Waals surface area (Å²) in [6, 6.07) is 2.11. The van der Waals surface area contributed by atoms with Gasteiger partial charge in [-0.2, -0.15) is 11.3 Å². The number of thiophene rings is 1. The zero-order valence-electron chi connectivity index (χ0n) is 15.2. The number of carbonyl (C=O) groups is 1. The number of nitrogens with zero attached hydrogens (tertiary/aromatic N) is 1. The van der Waals surface area contributed by atoms with Gasteiger partial charge in [-0.25, -0.2) is 0 Å². The number of carbonyl (C=O) groups excluding carboxylic acids is 1. The molecule has 0 unspecified atom stereocenters. The predicted molar refractivity (Wildman–Crippen MR) is 107 cm³/mol. The minimum atomic E-state index is -0.0410. The number of ether oxygens (including phenoxy) is 1. The zero-order valence-corrected chi connectivity index (χ0v) is 16.8. The Bertz CT molecular complexity index is 480. The summed E-state index contributed by atoms with van der Waals surface area (Å²) in [5.41, 5.74) is 1.17. The molecule has 142 valence electrons. The first-order chi connectivity index (χ1) is 11.8. The van der Waals surface area contributed by atoms with Gasteiger partial charge in [0, 0.05) is 6.54 Å². The Morgan fingerprint density at radius 3 is 2.44 bits per heavy atom. The van der Waals surface area contributed by atoms with Crippen molar-refractivity contribution < 1.29 is 9.53 Å². The van der Waals surface area contributed by atoms with Crippen LogP contribution in [0.2, 0.25) is 0 Å². The van der Waals surface area contributed by atoms with Crippen molar-refractivity contribution in [1.82, 2.24) is 4.90 Å². The van der Waals surface area contributed by atoms with Gasteiger partial charge in [-0.05, 0) is 67.1 Å². The van der Waals surface area contributed by atoms with Crippen LogP contribution >= 0.6 is 23.7 Å². The van der Waals surface area contributed by atoms with E-state index < -0.39 is 0 Å². The molecule has 2 fully saturated rings. The topological polar surface area (TPSA) is 29.5 Å².